The number of hydrogen-bond donors (Lipinski definition) is 2. The van der Waals surface area contributed by atoms with Gasteiger partial charge in [0.1, 0.15) is 5.82 Å². The monoisotopic (exact) mass is 248 g/mol. The number of phenolic OH excluding ortho intramolecular Hbond substituents is 1. The van der Waals surface area contributed by atoms with Crippen LogP contribution >= 0.6 is 0 Å². The minimum atomic E-state index is -0.743. The summed E-state index contributed by atoms with van der Waals surface area (Å²) in [7, 11) is 0. The molecule has 0 radical (unpaired) electrons. The van der Waals surface area contributed by atoms with Crippen LogP contribution in [0.5, 0.6) is 5.75 Å². The number of aromatic amines is 1. The number of aromatic hydroxyl groups is 1. The number of rotatable bonds is 2. The molecule has 0 unspecified atom stereocenters. The molecular formula is C13H13FN2O2. The van der Waals surface area contributed by atoms with Crippen LogP contribution in [-0.2, 0) is 6.42 Å². The molecule has 0 bridgehead atoms. The average Bonchev–Trinajstić information content (AvgIpc) is 2.32. The topological polar surface area (TPSA) is 66.0 Å². The molecule has 4 nitrogen and oxygen atoms in total. The molecule has 2 rings (SSSR count). The maximum absolute atomic E-state index is 13.2. The van der Waals surface area contributed by atoms with Crippen LogP contribution in [0.1, 0.15) is 18.2 Å². The quantitative estimate of drug-likeness (QED) is 0.855. The Labute approximate surface area is 103 Å². The van der Waals surface area contributed by atoms with E-state index in [-0.39, 0.29) is 5.56 Å². The van der Waals surface area contributed by atoms with Crippen molar-refractivity contribution in [3.63, 3.8) is 0 Å². The molecule has 0 spiro atoms. The summed E-state index contributed by atoms with van der Waals surface area (Å²) >= 11 is 0. The molecule has 0 amide bonds. The molecule has 18 heavy (non-hydrogen) atoms. The van der Waals surface area contributed by atoms with Gasteiger partial charge in [-0.25, -0.2) is 9.37 Å². The lowest BCUT2D eigenvalue weighted by atomic mass is 10.1. The van der Waals surface area contributed by atoms with E-state index in [0.29, 0.717) is 29.1 Å². The molecule has 0 aliphatic rings. The Morgan fingerprint density at radius 3 is 2.72 bits per heavy atom. The number of nitrogens with one attached hydrogen (secondary N) is 1. The highest BCUT2D eigenvalue weighted by Gasteiger charge is 2.09. The van der Waals surface area contributed by atoms with E-state index in [1.54, 1.807) is 6.92 Å². The number of hydrogen-bond acceptors (Lipinski definition) is 3. The summed E-state index contributed by atoms with van der Waals surface area (Å²) in [5.41, 5.74) is 1.46. The molecule has 2 N–H and O–H groups in total. The van der Waals surface area contributed by atoms with Crippen molar-refractivity contribution in [1.82, 2.24) is 9.97 Å². The molecule has 0 aliphatic carbocycles. The van der Waals surface area contributed by atoms with Gasteiger partial charge in [0.05, 0.1) is 0 Å². The molecule has 1 heterocycles. The smallest absolute Gasteiger partial charge is 0.254 e. The zero-order valence-corrected chi connectivity index (χ0v) is 10.1. The standard InChI is InChI=1S/C13H13FN2O2/c1-3-9-7(2)15-12(16-13(9)18)8-4-5-11(17)10(14)6-8/h4-6,17H,3H2,1-2H3,(H,15,16,18). The van der Waals surface area contributed by atoms with Crippen LogP contribution in [0.3, 0.4) is 0 Å². The van der Waals surface area contributed by atoms with Crippen molar-refractivity contribution in [3.05, 3.63) is 45.6 Å². The van der Waals surface area contributed by atoms with Gasteiger partial charge in [0.25, 0.3) is 5.56 Å². The van der Waals surface area contributed by atoms with Gasteiger partial charge in [-0.1, -0.05) is 6.92 Å². The Kier molecular flexibility index (Phi) is 3.14. The maximum atomic E-state index is 13.2. The van der Waals surface area contributed by atoms with Crippen molar-refractivity contribution < 1.29 is 9.50 Å². The Morgan fingerprint density at radius 1 is 1.44 bits per heavy atom. The number of aryl methyl sites for hydroxylation is 1. The number of H-pyrrole nitrogens is 1. The molecule has 1 aromatic carbocycles. The fourth-order valence-electron chi connectivity index (χ4n) is 1.82. The van der Waals surface area contributed by atoms with Crippen molar-refractivity contribution in [1.29, 1.82) is 0 Å². The highest BCUT2D eigenvalue weighted by molar-refractivity contribution is 5.56. The zero-order chi connectivity index (χ0) is 13.3. The highest BCUT2D eigenvalue weighted by atomic mass is 19.1. The van der Waals surface area contributed by atoms with Crippen molar-refractivity contribution >= 4 is 0 Å². The van der Waals surface area contributed by atoms with Crippen LogP contribution in [0.4, 0.5) is 4.39 Å². The van der Waals surface area contributed by atoms with Gasteiger partial charge in [0.2, 0.25) is 0 Å². The molecule has 0 saturated heterocycles. The first-order chi connectivity index (χ1) is 8.52. The van der Waals surface area contributed by atoms with Crippen LogP contribution in [0.25, 0.3) is 11.4 Å². The summed E-state index contributed by atoms with van der Waals surface area (Å²) < 4.78 is 13.2. The lowest BCUT2D eigenvalue weighted by Crippen LogP contribution is -2.16. The van der Waals surface area contributed by atoms with E-state index in [2.05, 4.69) is 9.97 Å². The van der Waals surface area contributed by atoms with E-state index < -0.39 is 11.6 Å². The summed E-state index contributed by atoms with van der Waals surface area (Å²) in [6, 6.07) is 3.87. The van der Waals surface area contributed by atoms with E-state index in [4.69, 9.17) is 5.11 Å². The third kappa shape index (κ3) is 2.11. The first-order valence-corrected chi connectivity index (χ1v) is 5.61. The molecule has 5 heteroatoms. The molecular weight excluding hydrogens is 235 g/mol. The summed E-state index contributed by atoms with van der Waals surface area (Å²) in [4.78, 5) is 18.6. The second-order valence-corrected chi connectivity index (χ2v) is 4.00. The normalized spacial score (nSPS) is 10.6. The SMILES string of the molecule is CCc1c(C)nc(-c2ccc(O)c(F)c2)[nH]c1=O. The van der Waals surface area contributed by atoms with Crippen LogP contribution in [-0.4, -0.2) is 15.1 Å². The molecule has 2 aromatic rings. The van der Waals surface area contributed by atoms with Crippen molar-refractivity contribution in [3.8, 4) is 17.1 Å². The number of aromatic nitrogens is 2. The van der Waals surface area contributed by atoms with E-state index >= 15 is 0 Å². The Morgan fingerprint density at radius 2 is 2.17 bits per heavy atom. The van der Waals surface area contributed by atoms with Crippen molar-refractivity contribution in [2.24, 2.45) is 0 Å². The number of halogens is 1. The average molecular weight is 248 g/mol. The van der Waals surface area contributed by atoms with Gasteiger partial charge in [-0.3, -0.25) is 4.79 Å². The minimum absolute atomic E-state index is 0.214. The van der Waals surface area contributed by atoms with E-state index in [1.807, 2.05) is 6.92 Å². The Balaban J connectivity index is 2.58. The Hall–Kier alpha value is -2.17. The van der Waals surface area contributed by atoms with Gasteiger partial charge in [-0.2, -0.15) is 0 Å². The summed E-state index contributed by atoms with van der Waals surface area (Å²) in [5.74, 6) is -0.871. The largest absolute Gasteiger partial charge is 0.505 e. The molecule has 94 valence electrons. The second-order valence-electron chi connectivity index (χ2n) is 4.00. The first-order valence-electron chi connectivity index (χ1n) is 5.61. The highest BCUT2D eigenvalue weighted by Crippen LogP contribution is 2.22. The minimum Gasteiger partial charge on any atom is -0.505 e. The van der Waals surface area contributed by atoms with E-state index in [0.717, 1.165) is 6.07 Å². The van der Waals surface area contributed by atoms with Gasteiger partial charge in [0, 0.05) is 16.8 Å². The van der Waals surface area contributed by atoms with Gasteiger partial charge in [-0.05, 0) is 31.5 Å². The van der Waals surface area contributed by atoms with Crippen LogP contribution in [0.2, 0.25) is 0 Å². The van der Waals surface area contributed by atoms with E-state index in [9.17, 15) is 9.18 Å². The van der Waals surface area contributed by atoms with Gasteiger partial charge in [0.15, 0.2) is 11.6 Å². The second kappa shape index (κ2) is 4.60. The summed E-state index contributed by atoms with van der Waals surface area (Å²) in [6.07, 6.45) is 0.596. The van der Waals surface area contributed by atoms with Crippen molar-refractivity contribution in [2.75, 3.05) is 0 Å². The summed E-state index contributed by atoms with van der Waals surface area (Å²) in [5, 5.41) is 9.11. The molecule has 0 saturated carbocycles. The Bertz CT molecular complexity index is 650. The molecule has 0 atom stereocenters. The van der Waals surface area contributed by atoms with Crippen molar-refractivity contribution in [2.45, 2.75) is 20.3 Å². The third-order valence-electron chi connectivity index (χ3n) is 2.80. The zero-order valence-electron chi connectivity index (χ0n) is 10.1. The number of benzene rings is 1. The fraction of sp³-hybridized carbons (Fsp3) is 0.231. The lowest BCUT2D eigenvalue weighted by Gasteiger charge is -2.06. The molecule has 1 aromatic heterocycles. The van der Waals surface area contributed by atoms with Crippen LogP contribution < -0.4 is 5.56 Å². The summed E-state index contributed by atoms with van der Waals surface area (Å²) in [6.45, 7) is 3.62. The van der Waals surface area contributed by atoms with Crippen LogP contribution in [0, 0.1) is 12.7 Å². The third-order valence-corrected chi connectivity index (χ3v) is 2.80. The predicted octanol–water partition coefficient (Wildman–Crippen LogP) is 2.15. The van der Waals surface area contributed by atoms with Crippen LogP contribution in [0.15, 0.2) is 23.0 Å². The maximum Gasteiger partial charge on any atom is 0.254 e. The van der Waals surface area contributed by atoms with Gasteiger partial charge in [-0.15, -0.1) is 0 Å². The molecule has 0 fully saturated rings. The number of phenols is 1. The number of nitrogens with zero attached hydrogens (tertiary/aromatic N) is 1. The molecule has 0 aliphatic heterocycles. The predicted molar refractivity (Wildman–Crippen MR) is 66.0 cm³/mol. The van der Waals surface area contributed by atoms with Gasteiger partial charge < -0.3 is 10.1 Å². The first kappa shape index (κ1) is 12.3. The fourth-order valence-corrected chi connectivity index (χ4v) is 1.82. The van der Waals surface area contributed by atoms with Gasteiger partial charge >= 0.3 is 0 Å². The lowest BCUT2D eigenvalue weighted by molar-refractivity contribution is 0.432. The van der Waals surface area contributed by atoms with E-state index in [1.165, 1.54) is 12.1 Å².